The van der Waals surface area contributed by atoms with Crippen LogP contribution in [0.15, 0.2) is 38.4 Å². The van der Waals surface area contributed by atoms with Gasteiger partial charge in [-0.25, -0.2) is 13.1 Å². The van der Waals surface area contributed by atoms with Crippen LogP contribution in [0.1, 0.15) is 29.9 Å². The topological polar surface area (TPSA) is 84.5 Å². The number of furan rings is 2. The Hall–Kier alpha value is -1.57. The quantitative estimate of drug-likeness (QED) is 0.816. The molecular formula is C14H18N2O4S. The lowest BCUT2D eigenvalue weighted by Gasteiger charge is -2.03. The van der Waals surface area contributed by atoms with Crippen molar-refractivity contribution in [1.29, 1.82) is 0 Å². The zero-order valence-electron chi connectivity index (χ0n) is 11.8. The van der Waals surface area contributed by atoms with Crippen molar-refractivity contribution in [2.75, 3.05) is 0 Å². The standard InChI is InChI=1S/C14H18N2O4S/c1-10-14(6-13(20-10)8-15-12-2-3-12)21(17,18)16-7-11-4-5-19-9-11/h4-6,9,12,15-16H,2-3,7-8H2,1H3. The van der Waals surface area contributed by atoms with Gasteiger partial charge < -0.3 is 14.2 Å². The number of aryl methyl sites for hydroxylation is 1. The van der Waals surface area contributed by atoms with Crippen molar-refractivity contribution < 1.29 is 17.3 Å². The minimum atomic E-state index is -3.58. The molecule has 0 aliphatic heterocycles. The fourth-order valence-corrected chi connectivity index (χ4v) is 3.28. The number of hydrogen-bond acceptors (Lipinski definition) is 5. The molecule has 0 spiro atoms. The van der Waals surface area contributed by atoms with Gasteiger partial charge in [-0.3, -0.25) is 0 Å². The molecule has 2 aromatic heterocycles. The third-order valence-corrected chi connectivity index (χ3v) is 4.91. The second-order valence-corrected chi connectivity index (χ2v) is 6.98. The van der Waals surface area contributed by atoms with E-state index < -0.39 is 10.0 Å². The fourth-order valence-electron chi connectivity index (χ4n) is 2.06. The van der Waals surface area contributed by atoms with E-state index in [1.54, 1.807) is 19.1 Å². The summed E-state index contributed by atoms with van der Waals surface area (Å²) >= 11 is 0. The van der Waals surface area contributed by atoms with E-state index in [1.165, 1.54) is 25.4 Å². The maximum Gasteiger partial charge on any atom is 0.244 e. The molecule has 1 aliphatic carbocycles. The minimum absolute atomic E-state index is 0.193. The normalized spacial score (nSPS) is 15.5. The Morgan fingerprint density at radius 2 is 2.14 bits per heavy atom. The maximum absolute atomic E-state index is 12.3. The monoisotopic (exact) mass is 310 g/mol. The molecule has 114 valence electrons. The zero-order valence-corrected chi connectivity index (χ0v) is 12.6. The molecule has 0 radical (unpaired) electrons. The number of hydrogen-bond donors (Lipinski definition) is 2. The van der Waals surface area contributed by atoms with E-state index in [0.717, 1.165) is 5.56 Å². The van der Waals surface area contributed by atoms with Gasteiger partial charge >= 0.3 is 0 Å². The molecule has 0 atom stereocenters. The first kappa shape index (κ1) is 14.4. The van der Waals surface area contributed by atoms with Gasteiger partial charge in [-0.1, -0.05) is 0 Å². The largest absolute Gasteiger partial charge is 0.472 e. The lowest BCUT2D eigenvalue weighted by atomic mass is 10.4. The number of nitrogens with one attached hydrogen (secondary N) is 2. The van der Waals surface area contributed by atoms with Gasteiger partial charge in [0.15, 0.2) is 0 Å². The Morgan fingerprint density at radius 3 is 2.81 bits per heavy atom. The third-order valence-electron chi connectivity index (χ3n) is 3.40. The van der Waals surface area contributed by atoms with Crippen LogP contribution in [-0.4, -0.2) is 14.5 Å². The van der Waals surface area contributed by atoms with Crippen LogP contribution in [0.25, 0.3) is 0 Å². The van der Waals surface area contributed by atoms with E-state index in [1.807, 2.05) is 0 Å². The smallest absolute Gasteiger partial charge is 0.244 e. The van der Waals surface area contributed by atoms with E-state index in [2.05, 4.69) is 10.0 Å². The molecule has 6 nitrogen and oxygen atoms in total. The van der Waals surface area contributed by atoms with Crippen LogP contribution in [0.5, 0.6) is 0 Å². The van der Waals surface area contributed by atoms with Crippen LogP contribution in [0, 0.1) is 6.92 Å². The van der Waals surface area contributed by atoms with Crippen molar-refractivity contribution in [3.63, 3.8) is 0 Å². The highest BCUT2D eigenvalue weighted by molar-refractivity contribution is 7.89. The van der Waals surface area contributed by atoms with Crippen LogP contribution >= 0.6 is 0 Å². The molecule has 2 N–H and O–H groups in total. The second-order valence-electron chi connectivity index (χ2n) is 5.24. The second kappa shape index (κ2) is 5.67. The molecule has 0 unspecified atom stereocenters. The zero-order chi connectivity index (χ0) is 14.9. The predicted octanol–water partition coefficient (Wildman–Crippen LogP) is 1.91. The van der Waals surface area contributed by atoms with Crippen LogP contribution in [0.3, 0.4) is 0 Å². The summed E-state index contributed by atoms with van der Waals surface area (Å²) in [5, 5.41) is 3.30. The molecular weight excluding hydrogens is 292 g/mol. The van der Waals surface area contributed by atoms with Gasteiger partial charge in [0.25, 0.3) is 0 Å². The summed E-state index contributed by atoms with van der Waals surface area (Å²) in [5.41, 5.74) is 0.773. The highest BCUT2D eigenvalue weighted by Gasteiger charge is 2.24. The molecule has 1 fully saturated rings. The maximum atomic E-state index is 12.3. The molecule has 21 heavy (non-hydrogen) atoms. The van der Waals surface area contributed by atoms with E-state index in [9.17, 15) is 8.42 Å². The van der Waals surface area contributed by atoms with Gasteiger partial charge in [0.05, 0.1) is 19.1 Å². The van der Waals surface area contributed by atoms with Crippen molar-refractivity contribution >= 4 is 10.0 Å². The van der Waals surface area contributed by atoms with Crippen LogP contribution in [0.4, 0.5) is 0 Å². The average Bonchev–Trinajstić information content (AvgIpc) is 2.97. The lowest BCUT2D eigenvalue weighted by molar-refractivity contribution is 0.456. The molecule has 7 heteroatoms. The van der Waals surface area contributed by atoms with Gasteiger partial charge in [0.2, 0.25) is 10.0 Å². The summed E-state index contributed by atoms with van der Waals surface area (Å²) in [7, 11) is -3.58. The van der Waals surface area contributed by atoms with Crippen LogP contribution in [0.2, 0.25) is 0 Å². The Morgan fingerprint density at radius 1 is 1.33 bits per heavy atom. The SMILES string of the molecule is Cc1oc(CNC2CC2)cc1S(=O)(=O)NCc1ccoc1. The summed E-state index contributed by atoms with van der Waals surface area (Å²) in [5.74, 6) is 1.05. The first-order chi connectivity index (χ1) is 10.0. The Bertz CT molecular complexity index is 699. The molecule has 2 aromatic rings. The Labute approximate surface area is 123 Å². The van der Waals surface area contributed by atoms with Gasteiger partial charge in [-0.2, -0.15) is 0 Å². The van der Waals surface area contributed by atoms with Crippen molar-refractivity contribution in [3.05, 3.63) is 41.7 Å². The first-order valence-electron chi connectivity index (χ1n) is 6.88. The molecule has 0 bridgehead atoms. The minimum Gasteiger partial charge on any atom is -0.472 e. The number of rotatable bonds is 7. The molecule has 2 heterocycles. The Balaban J connectivity index is 1.68. The molecule has 3 rings (SSSR count). The van der Waals surface area contributed by atoms with Crippen molar-refractivity contribution in [1.82, 2.24) is 10.0 Å². The summed E-state index contributed by atoms with van der Waals surface area (Å²) < 4.78 is 37.5. The van der Waals surface area contributed by atoms with E-state index in [-0.39, 0.29) is 11.4 Å². The van der Waals surface area contributed by atoms with Gasteiger partial charge in [-0.05, 0) is 25.8 Å². The van der Waals surface area contributed by atoms with Gasteiger partial charge in [0, 0.05) is 24.2 Å². The van der Waals surface area contributed by atoms with Crippen LogP contribution in [-0.2, 0) is 23.1 Å². The molecule has 1 saturated carbocycles. The third kappa shape index (κ3) is 3.55. The first-order valence-corrected chi connectivity index (χ1v) is 8.36. The summed E-state index contributed by atoms with van der Waals surface area (Å²) in [6.07, 6.45) is 5.37. The van der Waals surface area contributed by atoms with E-state index in [0.29, 0.717) is 24.1 Å². The molecule has 0 saturated heterocycles. The van der Waals surface area contributed by atoms with E-state index >= 15 is 0 Å². The molecule has 0 aromatic carbocycles. The summed E-state index contributed by atoms with van der Waals surface area (Å²) in [6.45, 7) is 2.41. The molecule has 0 amide bonds. The molecule has 1 aliphatic rings. The highest BCUT2D eigenvalue weighted by atomic mass is 32.2. The lowest BCUT2D eigenvalue weighted by Crippen LogP contribution is -2.23. The summed E-state index contributed by atoms with van der Waals surface area (Å²) in [6, 6.07) is 3.85. The van der Waals surface area contributed by atoms with E-state index in [4.69, 9.17) is 8.83 Å². The average molecular weight is 310 g/mol. The van der Waals surface area contributed by atoms with Crippen LogP contribution < -0.4 is 10.0 Å². The predicted molar refractivity (Wildman–Crippen MR) is 76.0 cm³/mol. The highest BCUT2D eigenvalue weighted by Crippen LogP contribution is 2.23. The van der Waals surface area contributed by atoms with Gasteiger partial charge in [0.1, 0.15) is 16.4 Å². The fraction of sp³-hybridized carbons (Fsp3) is 0.429. The van der Waals surface area contributed by atoms with Crippen molar-refractivity contribution in [3.8, 4) is 0 Å². The van der Waals surface area contributed by atoms with Crippen molar-refractivity contribution in [2.45, 2.75) is 43.8 Å². The van der Waals surface area contributed by atoms with Gasteiger partial charge in [-0.15, -0.1) is 0 Å². The van der Waals surface area contributed by atoms with Crippen molar-refractivity contribution in [2.24, 2.45) is 0 Å². The Kier molecular flexibility index (Phi) is 3.88. The summed E-state index contributed by atoms with van der Waals surface area (Å²) in [4.78, 5) is 0.193. The number of sulfonamides is 1.